The second-order valence-electron chi connectivity index (χ2n) is 3.27. The van der Waals surface area contributed by atoms with Gasteiger partial charge in [0, 0.05) is 25.1 Å². The quantitative estimate of drug-likeness (QED) is 0.855. The van der Waals surface area contributed by atoms with Gasteiger partial charge in [-0.1, -0.05) is 11.6 Å². The number of carbonyl (C=O) groups is 1. The molecular formula is C11H10ClN3O. The molecule has 0 aliphatic rings. The van der Waals surface area contributed by atoms with Crippen molar-refractivity contribution in [3.05, 3.63) is 53.1 Å². The van der Waals surface area contributed by atoms with Gasteiger partial charge in [0.05, 0.1) is 5.02 Å². The molecule has 0 spiro atoms. The van der Waals surface area contributed by atoms with Crippen molar-refractivity contribution in [3.8, 4) is 0 Å². The minimum absolute atomic E-state index is 0.177. The second-order valence-corrected chi connectivity index (χ2v) is 3.71. The van der Waals surface area contributed by atoms with Crippen LogP contribution in [-0.2, 0) is 6.54 Å². The van der Waals surface area contributed by atoms with Gasteiger partial charge in [-0.3, -0.25) is 9.78 Å². The van der Waals surface area contributed by atoms with Crippen molar-refractivity contribution in [2.75, 3.05) is 0 Å². The first-order chi connectivity index (χ1) is 7.75. The Hall–Kier alpha value is -1.81. The van der Waals surface area contributed by atoms with Gasteiger partial charge < -0.3 is 10.3 Å². The molecule has 0 bridgehead atoms. The summed E-state index contributed by atoms with van der Waals surface area (Å²) in [6.45, 7) is 0.470. The predicted octanol–water partition coefficient (Wildman–Crippen LogP) is 1.99. The zero-order valence-corrected chi connectivity index (χ0v) is 9.16. The summed E-state index contributed by atoms with van der Waals surface area (Å²) >= 11 is 5.70. The van der Waals surface area contributed by atoms with E-state index in [0.717, 1.165) is 5.56 Å². The molecule has 0 aliphatic carbocycles. The summed E-state index contributed by atoms with van der Waals surface area (Å²) in [5.74, 6) is -0.177. The average molecular weight is 236 g/mol. The summed E-state index contributed by atoms with van der Waals surface area (Å²) in [6.07, 6.45) is 4.95. The van der Waals surface area contributed by atoms with E-state index >= 15 is 0 Å². The van der Waals surface area contributed by atoms with E-state index < -0.39 is 0 Å². The van der Waals surface area contributed by atoms with Gasteiger partial charge in [0.25, 0.3) is 5.91 Å². The van der Waals surface area contributed by atoms with Crippen molar-refractivity contribution in [1.82, 2.24) is 15.3 Å². The minimum Gasteiger partial charge on any atom is -0.356 e. The number of aromatic amines is 1. The summed E-state index contributed by atoms with van der Waals surface area (Å²) in [4.78, 5) is 18.3. The highest BCUT2D eigenvalue weighted by Crippen LogP contribution is 2.09. The van der Waals surface area contributed by atoms with Crippen molar-refractivity contribution >= 4 is 17.5 Å². The number of hydrogen-bond acceptors (Lipinski definition) is 2. The standard InChI is InChI=1S/C11H10ClN3O/c12-9-5-10(14-7-9)11(16)15-6-8-1-3-13-4-2-8/h1-5,7,14H,6H2,(H,15,16). The van der Waals surface area contributed by atoms with Crippen molar-refractivity contribution in [2.45, 2.75) is 6.54 Å². The fraction of sp³-hybridized carbons (Fsp3) is 0.0909. The van der Waals surface area contributed by atoms with Gasteiger partial charge in [-0.25, -0.2) is 0 Å². The largest absolute Gasteiger partial charge is 0.356 e. The Kier molecular flexibility index (Phi) is 3.22. The molecule has 0 saturated carbocycles. The Bertz CT molecular complexity index is 481. The molecule has 0 saturated heterocycles. The number of aromatic nitrogens is 2. The van der Waals surface area contributed by atoms with Crippen LogP contribution in [0, 0.1) is 0 Å². The Morgan fingerprint density at radius 2 is 2.19 bits per heavy atom. The molecular weight excluding hydrogens is 226 g/mol. The normalized spacial score (nSPS) is 10.1. The first-order valence-electron chi connectivity index (χ1n) is 4.77. The minimum atomic E-state index is -0.177. The fourth-order valence-corrected chi connectivity index (χ4v) is 1.44. The van der Waals surface area contributed by atoms with E-state index in [1.165, 1.54) is 0 Å². The SMILES string of the molecule is O=C(NCc1ccncc1)c1cc(Cl)c[nH]1. The third kappa shape index (κ3) is 2.61. The molecule has 5 heteroatoms. The molecule has 0 aliphatic heterocycles. The molecule has 2 aromatic heterocycles. The monoisotopic (exact) mass is 235 g/mol. The number of nitrogens with zero attached hydrogens (tertiary/aromatic N) is 1. The first kappa shape index (κ1) is 10.7. The maximum atomic E-state index is 11.6. The van der Waals surface area contributed by atoms with Crippen molar-refractivity contribution < 1.29 is 4.79 Å². The molecule has 2 heterocycles. The number of nitrogens with one attached hydrogen (secondary N) is 2. The van der Waals surface area contributed by atoms with Gasteiger partial charge in [-0.2, -0.15) is 0 Å². The molecule has 0 unspecified atom stereocenters. The van der Waals surface area contributed by atoms with Crippen LogP contribution < -0.4 is 5.32 Å². The maximum Gasteiger partial charge on any atom is 0.268 e. The van der Waals surface area contributed by atoms with Gasteiger partial charge in [0.15, 0.2) is 0 Å². The van der Waals surface area contributed by atoms with Crippen LogP contribution in [0.1, 0.15) is 16.1 Å². The zero-order chi connectivity index (χ0) is 11.4. The van der Waals surface area contributed by atoms with E-state index in [1.54, 1.807) is 24.7 Å². The number of amides is 1. The Balaban J connectivity index is 1.94. The fourth-order valence-electron chi connectivity index (χ4n) is 1.28. The van der Waals surface area contributed by atoms with E-state index in [-0.39, 0.29) is 5.91 Å². The molecule has 0 fully saturated rings. The van der Waals surface area contributed by atoms with Gasteiger partial charge in [-0.15, -0.1) is 0 Å². The number of pyridine rings is 1. The van der Waals surface area contributed by atoms with Crippen molar-refractivity contribution in [3.63, 3.8) is 0 Å². The summed E-state index contributed by atoms with van der Waals surface area (Å²) in [5, 5.41) is 3.29. The molecule has 16 heavy (non-hydrogen) atoms. The lowest BCUT2D eigenvalue weighted by molar-refractivity contribution is 0.0946. The van der Waals surface area contributed by atoms with Crippen LogP contribution in [0.2, 0.25) is 5.02 Å². The van der Waals surface area contributed by atoms with Crippen molar-refractivity contribution in [2.24, 2.45) is 0 Å². The Labute approximate surface area is 97.7 Å². The molecule has 82 valence electrons. The molecule has 0 aromatic carbocycles. The molecule has 2 aromatic rings. The number of H-pyrrole nitrogens is 1. The van der Waals surface area contributed by atoms with Crippen LogP contribution in [0.4, 0.5) is 0 Å². The van der Waals surface area contributed by atoms with Crippen LogP contribution in [-0.4, -0.2) is 15.9 Å². The molecule has 1 amide bonds. The third-order valence-electron chi connectivity index (χ3n) is 2.09. The van der Waals surface area contributed by atoms with E-state index in [9.17, 15) is 4.79 Å². The first-order valence-corrected chi connectivity index (χ1v) is 5.14. The maximum absolute atomic E-state index is 11.6. The van der Waals surface area contributed by atoms with Crippen LogP contribution in [0.5, 0.6) is 0 Å². The van der Waals surface area contributed by atoms with E-state index in [4.69, 9.17) is 11.6 Å². The lowest BCUT2D eigenvalue weighted by atomic mass is 10.2. The summed E-state index contributed by atoms with van der Waals surface area (Å²) in [6, 6.07) is 5.29. The van der Waals surface area contributed by atoms with E-state index in [0.29, 0.717) is 17.3 Å². The smallest absolute Gasteiger partial charge is 0.268 e. The molecule has 0 radical (unpaired) electrons. The van der Waals surface area contributed by atoms with Crippen LogP contribution in [0.15, 0.2) is 36.8 Å². The van der Waals surface area contributed by atoms with E-state index in [2.05, 4.69) is 15.3 Å². The van der Waals surface area contributed by atoms with Crippen LogP contribution in [0.25, 0.3) is 0 Å². The Morgan fingerprint density at radius 1 is 1.44 bits per heavy atom. The average Bonchev–Trinajstić information content (AvgIpc) is 2.74. The lowest BCUT2D eigenvalue weighted by Gasteiger charge is -2.02. The van der Waals surface area contributed by atoms with Crippen LogP contribution >= 0.6 is 11.6 Å². The topological polar surface area (TPSA) is 57.8 Å². The summed E-state index contributed by atoms with van der Waals surface area (Å²) in [5.41, 5.74) is 1.46. The third-order valence-corrected chi connectivity index (χ3v) is 2.31. The van der Waals surface area contributed by atoms with Gasteiger partial charge in [0.1, 0.15) is 5.69 Å². The molecule has 4 nitrogen and oxygen atoms in total. The highest BCUT2D eigenvalue weighted by Gasteiger charge is 2.06. The zero-order valence-electron chi connectivity index (χ0n) is 8.40. The number of halogens is 1. The highest BCUT2D eigenvalue weighted by molar-refractivity contribution is 6.30. The van der Waals surface area contributed by atoms with Crippen LogP contribution in [0.3, 0.4) is 0 Å². The number of carbonyl (C=O) groups excluding carboxylic acids is 1. The summed E-state index contributed by atoms with van der Waals surface area (Å²) in [7, 11) is 0. The van der Waals surface area contributed by atoms with E-state index in [1.807, 2.05) is 12.1 Å². The number of rotatable bonds is 3. The Morgan fingerprint density at radius 3 is 2.81 bits per heavy atom. The second kappa shape index (κ2) is 4.81. The molecule has 0 atom stereocenters. The summed E-state index contributed by atoms with van der Waals surface area (Å²) < 4.78 is 0. The highest BCUT2D eigenvalue weighted by atomic mass is 35.5. The molecule has 2 N–H and O–H groups in total. The lowest BCUT2D eigenvalue weighted by Crippen LogP contribution is -2.22. The predicted molar refractivity (Wildman–Crippen MR) is 61.2 cm³/mol. The number of hydrogen-bond donors (Lipinski definition) is 2. The van der Waals surface area contributed by atoms with Crippen molar-refractivity contribution in [1.29, 1.82) is 0 Å². The van der Waals surface area contributed by atoms with Gasteiger partial charge >= 0.3 is 0 Å². The molecule has 2 rings (SSSR count). The van der Waals surface area contributed by atoms with Gasteiger partial charge in [0.2, 0.25) is 0 Å². The van der Waals surface area contributed by atoms with Gasteiger partial charge in [-0.05, 0) is 23.8 Å².